The maximum atomic E-state index is 4.90. The third-order valence-corrected chi connectivity index (χ3v) is 4.86. The number of rotatable bonds is 7. The molecule has 1 aliphatic carbocycles. The number of nitrogens with zero attached hydrogens (tertiary/aromatic N) is 4. The third kappa shape index (κ3) is 5.24. The normalized spacial score (nSPS) is 16.7. The molecule has 0 bridgehead atoms. The summed E-state index contributed by atoms with van der Waals surface area (Å²) in [7, 11) is 8.50. The standard InChI is InChI=1S/C17H30BrN5/c1-6-19-17(20-10-16(21(2)3)13-7-8-13)23(5)12-15-9-14(18)11-22(15)4/h9,11,13,16H,6-8,10,12H2,1-5H3,(H,19,20). The number of guanidine groups is 1. The van der Waals surface area contributed by atoms with Crippen LogP contribution in [0.5, 0.6) is 0 Å². The zero-order chi connectivity index (χ0) is 17.0. The zero-order valence-corrected chi connectivity index (χ0v) is 16.6. The van der Waals surface area contributed by atoms with Crippen LogP contribution < -0.4 is 5.32 Å². The van der Waals surface area contributed by atoms with E-state index in [0.29, 0.717) is 6.04 Å². The van der Waals surface area contributed by atoms with E-state index in [4.69, 9.17) is 4.99 Å². The van der Waals surface area contributed by atoms with Crippen molar-refractivity contribution >= 4 is 21.9 Å². The van der Waals surface area contributed by atoms with Crippen molar-refractivity contribution in [3.8, 4) is 0 Å². The maximum absolute atomic E-state index is 4.90. The molecule has 0 saturated heterocycles. The highest BCUT2D eigenvalue weighted by molar-refractivity contribution is 9.10. The van der Waals surface area contributed by atoms with Crippen LogP contribution >= 0.6 is 15.9 Å². The molecule has 0 amide bonds. The summed E-state index contributed by atoms with van der Waals surface area (Å²) >= 11 is 3.54. The molecule has 1 aromatic heterocycles. The lowest BCUT2D eigenvalue weighted by Gasteiger charge is -2.25. The second-order valence-electron chi connectivity index (χ2n) is 6.68. The number of aromatic nitrogens is 1. The van der Waals surface area contributed by atoms with E-state index in [2.05, 4.69) is 83.0 Å². The molecule has 0 radical (unpaired) electrons. The Labute approximate surface area is 148 Å². The van der Waals surface area contributed by atoms with Gasteiger partial charge in [-0.25, -0.2) is 0 Å². The Morgan fingerprint density at radius 3 is 2.61 bits per heavy atom. The van der Waals surface area contributed by atoms with Crippen molar-refractivity contribution in [3.63, 3.8) is 0 Å². The highest BCUT2D eigenvalue weighted by Crippen LogP contribution is 2.34. The number of nitrogens with one attached hydrogen (secondary N) is 1. The van der Waals surface area contributed by atoms with Gasteiger partial charge in [-0.15, -0.1) is 0 Å². The van der Waals surface area contributed by atoms with Crippen LogP contribution in [0.15, 0.2) is 21.7 Å². The first kappa shape index (κ1) is 18.3. The molecular formula is C17H30BrN5. The van der Waals surface area contributed by atoms with E-state index in [-0.39, 0.29) is 0 Å². The SMILES string of the molecule is CCNC(=NCC(C1CC1)N(C)C)N(C)Cc1cc(Br)cn1C. The molecule has 1 aromatic rings. The molecule has 1 saturated carbocycles. The third-order valence-electron chi connectivity index (χ3n) is 4.43. The molecule has 0 aromatic carbocycles. The second-order valence-corrected chi connectivity index (χ2v) is 7.60. The summed E-state index contributed by atoms with van der Waals surface area (Å²) in [5, 5.41) is 3.42. The fourth-order valence-electron chi connectivity index (χ4n) is 2.91. The lowest BCUT2D eigenvalue weighted by Crippen LogP contribution is -2.40. The highest BCUT2D eigenvalue weighted by atomic mass is 79.9. The topological polar surface area (TPSA) is 35.8 Å². The van der Waals surface area contributed by atoms with Gasteiger partial charge in [-0.05, 0) is 61.8 Å². The molecule has 23 heavy (non-hydrogen) atoms. The molecule has 1 aliphatic rings. The first-order valence-corrected chi connectivity index (χ1v) is 9.18. The summed E-state index contributed by atoms with van der Waals surface area (Å²) in [6.45, 7) is 4.70. The Morgan fingerprint density at radius 2 is 2.13 bits per heavy atom. The van der Waals surface area contributed by atoms with Crippen molar-refractivity contribution in [2.75, 3.05) is 34.2 Å². The van der Waals surface area contributed by atoms with Crippen LogP contribution in [-0.2, 0) is 13.6 Å². The maximum Gasteiger partial charge on any atom is 0.194 e. The van der Waals surface area contributed by atoms with Gasteiger partial charge in [-0.2, -0.15) is 0 Å². The van der Waals surface area contributed by atoms with Gasteiger partial charge in [-0.1, -0.05) is 0 Å². The van der Waals surface area contributed by atoms with E-state index in [9.17, 15) is 0 Å². The molecule has 1 atom stereocenters. The van der Waals surface area contributed by atoms with E-state index < -0.39 is 0 Å². The molecule has 130 valence electrons. The summed E-state index contributed by atoms with van der Waals surface area (Å²) in [5.74, 6) is 1.81. The lowest BCUT2D eigenvalue weighted by molar-refractivity contribution is 0.270. The number of halogens is 1. The Balaban J connectivity index is 2.03. The molecule has 1 heterocycles. The van der Waals surface area contributed by atoms with Crippen molar-refractivity contribution in [1.82, 2.24) is 19.7 Å². The minimum Gasteiger partial charge on any atom is -0.357 e. The molecule has 0 aliphatic heterocycles. The predicted molar refractivity (Wildman–Crippen MR) is 101 cm³/mol. The Hall–Kier alpha value is -1.01. The van der Waals surface area contributed by atoms with Crippen molar-refractivity contribution in [1.29, 1.82) is 0 Å². The molecule has 1 N–H and O–H groups in total. The van der Waals surface area contributed by atoms with Gasteiger partial charge in [0, 0.05) is 43.0 Å². The summed E-state index contributed by atoms with van der Waals surface area (Å²) < 4.78 is 3.27. The van der Waals surface area contributed by atoms with Gasteiger partial charge in [0.05, 0.1) is 13.1 Å². The molecular weight excluding hydrogens is 354 g/mol. The summed E-state index contributed by atoms with van der Waals surface area (Å²) in [4.78, 5) is 9.42. The number of likely N-dealkylation sites (N-methyl/N-ethyl adjacent to an activating group) is 1. The van der Waals surface area contributed by atoms with Crippen LogP contribution in [0.25, 0.3) is 0 Å². The molecule has 1 unspecified atom stereocenters. The van der Waals surface area contributed by atoms with Crippen LogP contribution in [-0.4, -0.2) is 60.6 Å². The summed E-state index contributed by atoms with van der Waals surface area (Å²) in [5.41, 5.74) is 1.26. The number of aryl methyl sites for hydroxylation is 1. The predicted octanol–water partition coefficient (Wildman–Crippen LogP) is 2.53. The van der Waals surface area contributed by atoms with E-state index in [1.807, 2.05) is 0 Å². The average Bonchev–Trinajstić information content (AvgIpc) is 3.24. The number of hydrogen-bond donors (Lipinski definition) is 1. The van der Waals surface area contributed by atoms with E-state index >= 15 is 0 Å². The van der Waals surface area contributed by atoms with Crippen molar-refractivity contribution in [2.24, 2.45) is 18.0 Å². The van der Waals surface area contributed by atoms with E-state index in [1.165, 1.54) is 18.5 Å². The van der Waals surface area contributed by atoms with Gasteiger partial charge in [0.1, 0.15) is 0 Å². The van der Waals surface area contributed by atoms with Gasteiger partial charge in [0.2, 0.25) is 0 Å². The Bertz CT molecular complexity index is 531. The monoisotopic (exact) mass is 383 g/mol. The molecule has 2 rings (SSSR count). The fraction of sp³-hybridized carbons (Fsp3) is 0.706. The molecule has 1 fully saturated rings. The lowest BCUT2D eigenvalue weighted by atomic mass is 10.2. The largest absolute Gasteiger partial charge is 0.357 e. The van der Waals surface area contributed by atoms with Gasteiger partial charge in [-0.3, -0.25) is 4.99 Å². The highest BCUT2D eigenvalue weighted by Gasteiger charge is 2.32. The van der Waals surface area contributed by atoms with Crippen LogP contribution in [0, 0.1) is 5.92 Å². The van der Waals surface area contributed by atoms with Gasteiger partial charge in [0.15, 0.2) is 5.96 Å². The quantitative estimate of drug-likeness (QED) is 0.580. The number of aliphatic imine (C=N–C) groups is 1. The van der Waals surface area contributed by atoms with E-state index in [0.717, 1.165) is 36.0 Å². The van der Waals surface area contributed by atoms with Crippen molar-refractivity contribution in [3.05, 3.63) is 22.4 Å². The molecule has 0 spiro atoms. The fourth-order valence-corrected chi connectivity index (χ4v) is 3.48. The minimum absolute atomic E-state index is 0.557. The van der Waals surface area contributed by atoms with Gasteiger partial charge < -0.3 is 19.7 Å². The Kier molecular flexibility index (Phi) is 6.53. The summed E-state index contributed by atoms with van der Waals surface area (Å²) in [6.07, 6.45) is 4.78. The van der Waals surface area contributed by atoms with Crippen LogP contribution in [0.1, 0.15) is 25.5 Å². The van der Waals surface area contributed by atoms with Crippen molar-refractivity contribution < 1.29 is 0 Å². The van der Waals surface area contributed by atoms with Crippen LogP contribution in [0.4, 0.5) is 0 Å². The van der Waals surface area contributed by atoms with E-state index in [1.54, 1.807) is 0 Å². The first-order chi connectivity index (χ1) is 10.9. The van der Waals surface area contributed by atoms with Crippen molar-refractivity contribution in [2.45, 2.75) is 32.4 Å². The average molecular weight is 384 g/mol. The van der Waals surface area contributed by atoms with Gasteiger partial charge in [0.25, 0.3) is 0 Å². The number of hydrogen-bond acceptors (Lipinski definition) is 2. The zero-order valence-electron chi connectivity index (χ0n) is 15.0. The first-order valence-electron chi connectivity index (χ1n) is 8.39. The second kappa shape index (κ2) is 8.20. The summed E-state index contributed by atoms with van der Waals surface area (Å²) in [6, 6.07) is 2.72. The smallest absolute Gasteiger partial charge is 0.194 e. The molecule has 5 nitrogen and oxygen atoms in total. The Morgan fingerprint density at radius 1 is 1.43 bits per heavy atom. The molecule has 6 heteroatoms. The minimum atomic E-state index is 0.557. The van der Waals surface area contributed by atoms with Crippen LogP contribution in [0.3, 0.4) is 0 Å². The van der Waals surface area contributed by atoms with Gasteiger partial charge >= 0.3 is 0 Å². The van der Waals surface area contributed by atoms with Crippen LogP contribution in [0.2, 0.25) is 0 Å².